The molecule has 0 aliphatic carbocycles. The van der Waals surface area contributed by atoms with E-state index in [4.69, 9.17) is 9.47 Å². The Labute approximate surface area is 109 Å². The highest BCUT2D eigenvalue weighted by atomic mass is 16.7. The number of ether oxygens (including phenoxy) is 2. The molecular weight excluding hydrogens is 228 g/mol. The summed E-state index contributed by atoms with van der Waals surface area (Å²) in [6.07, 6.45) is 2.63. The molecule has 0 fully saturated rings. The van der Waals surface area contributed by atoms with Crippen molar-refractivity contribution in [1.82, 2.24) is 0 Å². The maximum atomic E-state index is 11.5. The molecule has 0 aliphatic rings. The van der Waals surface area contributed by atoms with Crippen molar-refractivity contribution in [1.29, 1.82) is 0 Å². The van der Waals surface area contributed by atoms with Crippen LogP contribution in [0.25, 0.3) is 0 Å². The Kier molecular flexibility index (Phi) is 5.20. The van der Waals surface area contributed by atoms with Crippen LogP contribution >= 0.6 is 0 Å². The molecule has 0 bridgehead atoms. The summed E-state index contributed by atoms with van der Waals surface area (Å²) < 4.78 is 10.3. The van der Waals surface area contributed by atoms with Crippen molar-refractivity contribution in [3.8, 4) is 5.75 Å². The fraction of sp³-hybridized carbons (Fsp3) is 0.533. The molecule has 0 heterocycles. The topological polar surface area (TPSA) is 35.5 Å². The molecule has 0 radical (unpaired) electrons. The normalized spacial score (nSPS) is 11.1. The first-order chi connectivity index (χ1) is 8.40. The lowest BCUT2D eigenvalue weighted by Crippen LogP contribution is -2.25. The lowest BCUT2D eigenvalue weighted by atomic mass is 10.1. The van der Waals surface area contributed by atoms with E-state index in [1.54, 1.807) is 6.07 Å². The van der Waals surface area contributed by atoms with Crippen LogP contribution in [-0.2, 0) is 11.2 Å². The van der Waals surface area contributed by atoms with Gasteiger partial charge in [0.2, 0.25) is 0 Å². The Morgan fingerprint density at radius 1 is 1.28 bits per heavy atom. The Balaban J connectivity index is 2.59. The van der Waals surface area contributed by atoms with Gasteiger partial charge in [-0.2, -0.15) is 0 Å². The molecule has 3 nitrogen and oxygen atoms in total. The first-order valence-corrected chi connectivity index (χ1v) is 6.40. The zero-order valence-electron chi connectivity index (χ0n) is 11.7. The van der Waals surface area contributed by atoms with Crippen LogP contribution in [0.4, 0.5) is 4.79 Å². The van der Waals surface area contributed by atoms with Crippen LogP contribution < -0.4 is 4.74 Å². The van der Waals surface area contributed by atoms with Crippen molar-refractivity contribution >= 4 is 6.16 Å². The Morgan fingerprint density at radius 3 is 2.61 bits per heavy atom. The van der Waals surface area contributed by atoms with Crippen LogP contribution in [0.5, 0.6) is 5.75 Å². The van der Waals surface area contributed by atoms with Gasteiger partial charge in [0, 0.05) is 0 Å². The van der Waals surface area contributed by atoms with Crippen LogP contribution in [0.3, 0.4) is 0 Å². The maximum Gasteiger partial charge on any atom is 0.514 e. The van der Waals surface area contributed by atoms with E-state index in [9.17, 15) is 4.79 Å². The lowest BCUT2D eigenvalue weighted by Gasteiger charge is -2.18. The van der Waals surface area contributed by atoms with E-state index < -0.39 is 11.8 Å². The molecule has 0 N–H and O–H groups in total. The molecule has 1 aromatic carbocycles. The number of benzene rings is 1. The lowest BCUT2D eigenvalue weighted by molar-refractivity contribution is 0.0206. The first kappa shape index (κ1) is 14.6. The number of hydrogen-bond donors (Lipinski definition) is 0. The monoisotopic (exact) mass is 250 g/mol. The van der Waals surface area contributed by atoms with Gasteiger partial charge in [0.05, 0.1) is 0 Å². The third-order valence-corrected chi connectivity index (χ3v) is 2.31. The van der Waals surface area contributed by atoms with Crippen molar-refractivity contribution in [2.24, 2.45) is 0 Å². The van der Waals surface area contributed by atoms with Gasteiger partial charge in [0.25, 0.3) is 0 Å². The predicted octanol–water partition coefficient (Wildman–Crippen LogP) is 4.34. The summed E-state index contributed by atoms with van der Waals surface area (Å²) in [4.78, 5) is 11.5. The molecular formula is C15H22O3. The number of unbranched alkanes of at least 4 members (excludes halogenated alkanes) is 1. The van der Waals surface area contributed by atoms with E-state index in [1.165, 1.54) is 5.56 Å². The van der Waals surface area contributed by atoms with Crippen molar-refractivity contribution < 1.29 is 14.3 Å². The first-order valence-electron chi connectivity index (χ1n) is 6.40. The minimum absolute atomic E-state index is 0.531. The quantitative estimate of drug-likeness (QED) is 0.589. The number of rotatable bonds is 4. The second-order valence-corrected chi connectivity index (χ2v) is 5.32. The number of carbonyl (C=O) groups excluding carboxylic acids is 1. The zero-order chi connectivity index (χ0) is 13.6. The highest BCUT2D eigenvalue weighted by molar-refractivity contribution is 5.64. The number of aryl methyl sites for hydroxylation is 1. The number of hydrogen-bond acceptors (Lipinski definition) is 3. The summed E-state index contributed by atoms with van der Waals surface area (Å²) in [5.74, 6) is 0.540. The van der Waals surface area contributed by atoms with Crippen LogP contribution in [0, 0.1) is 0 Å². The van der Waals surface area contributed by atoms with Gasteiger partial charge in [-0.15, -0.1) is 0 Å². The molecule has 0 saturated heterocycles. The van der Waals surface area contributed by atoms with Crippen LogP contribution in [0.15, 0.2) is 24.3 Å². The average Bonchev–Trinajstić information content (AvgIpc) is 2.24. The molecule has 3 heteroatoms. The van der Waals surface area contributed by atoms with Gasteiger partial charge in [-0.05, 0) is 51.3 Å². The average molecular weight is 250 g/mol. The molecule has 0 unspecified atom stereocenters. The summed E-state index contributed by atoms with van der Waals surface area (Å²) in [6.45, 7) is 7.59. The molecule has 0 amide bonds. The molecule has 0 spiro atoms. The summed E-state index contributed by atoms with van der Waals surface area (Å²) >= 11 is 0. The largest absolute Gasteiger partial charge is 0.514 e. The zero-order valence-corrected chi connectivity index (χ0v) is 11.7. The molecule has 0 saturated carbocycles. The molecule has 1 rings (SSSR count). The van der Waals surface area contributed by atoms with E-state index in [0.29, 0.717) is 5.75 Å². The third-order valence-electron chi connectivity index (χ3n) is 2.31. The van der Waals surface area contributed by atoms with Gasteiger partial charge in [-0.1, -0.05) is 25.5 Å². The van der Waals surface area contributed by atoms with E-state index in [2.05, 4.69) is 6.92 Å². The van der Waals surface area contributed by atoms with Crippen molar-refractivity contribution in [3.05, 3.63) is 29.8 Å². The van der Waals surface area contributed by atoms with E-state index in [0.717, 1.165) is 19.3 Å². The standard InChI is InChI=1S/C15H22O3/c1-5-6-8-12-9-7-10-13(11-12)17-14(16)18-15(2,3)4/h7,9-11H,5-6,8H2,1-4H3. The minimum atomic E-state index is -0.657. The van der Waals surface area contributed by atoms with Gasteiger partial charge in [0.15, 0.2) is 0 Å². The van der Waals surface area contributed by atoms with Crippen molar-refractivity contribution in [3.63, 3.8) is 0 Å². The van der Waals surface area contributed by atoms with Crippen molar-refractivity contribution in [2.45, 2.75) is 52.6 Å². The molecule has 100 valence electrons. The van der Waals surface area contributed by atoms with E-state index in [1.807, 2.05) is 39.0 Å². The minimum Gasteiger partial charge on any atom is -0.428 e. The van der Waals surface area contributed by atoms with Gasteiger partial charge < -0.3 is 9.47 Å². The molecule has 0 aliphatic heterocycles. The Morgan fingerprint density at radius 2 is 2.00 bits per heavy atom. The second kappa shape index (κ2) is 6.43. The van der Waals surface area contributed by atoms with Crippen LogP contribution in [0.1, 0.15) is 46.1 Å². The summed E-state index contributed by atoms with van der Waals surface area (Å²) in [5, 5.41) is 0. The van der Waals surface area contributed by atoms with Gasteiger partial charge in [-0.25, -0.2) is 4.79 Å². The van der Waals surface area contributed by atoms with E-state index >= 15 is 0 Å². The molecule has 0 atom stereocenters. The Bertz CT molecular complexity index is 391. The molecule has 1 aromatic rings. The highest BCUT2D eigenvalue weighted by Gasteiger charge is 2.17. The van der Waals surface area contributed by atoms with Crippen LogP contribution in [0.2, 0.25) is 0 Å². The highest BCUT2D eigenvalue weighted by Crippen LogP contribution is 2.17. The summed E-state index contributed by atoms with van der Waals surface area (Å²) in [6, 6.07) is 7.58. The van der Waals surface area contributed by atoms with Gasteiger partial charge in [0.1, 0.15) is 11.4 Å². The number of carbonyl (C=O) groups is 1. The molecule has 18 heavy (non-hydrogen) atoms. The third kappa shape index (κ3) is 5.71. The smallest absolute Gasteiger partial charge is 0.428 e. The summed E-state index contributed by atoms with van der Waals surface area (Å²) in [7, 11) is 0. The van der Waals surface area contributed by atoms with E-state index in [-0.39, 0.29) is 0 Å². The fourth-order valence-corrected chi connectivity index (χ4v) is 1.51. The van der Waals surface area contributed by atoms with Gasteiger partial charge >= 0.3 is 6.16 Å². The van der Waals surface area contributed by atoms with Crippen LogP contribution in [-0.4, -0.2) is 11.8 Å². The predicted molar refractivity (Wildman–Crippen MR) is 71.9 cm³/mol. The fourth-order valence-electron chi connectivity index (χ4n) is 1.51. The second-order valence-electron chi connectivity index (χ2n) is 5.32. The summed E-state index contributed by atoms with van der Waals surface area (Å²) in [5.41, 5.74) is 0.648. The van der Waals surface area contributed by atoms with Crippen molar-refractivity contribution in [2.75, 3.05) is 0 Å². The van der Waals surface area contributed by atoms with Gasteiger partial charge in [-0.3, -0.25) is 0 Å². The SMILES string of the molecule is CCCCc1cccc(OC(=O)OC(C)(C)C)c1. The maximum absolute atomic E-state index is 11.5. The molecule has 0 aromatic heterocycles. The Hall–Kier alpha value is -1.51.